The van der Waals surface area contributed by atoms with E-state index >= 15 is 0 Å². The molecule has 2 atom stereocenters. The van der Waals surface area contributed by atoms with Gasteiger partial charge in [0.05, 0.1) is 6.61 Å². The Balaban J connectivity index is 1.96. The highest BCUT2D eigenvalue weighted by atomic mass is 35.5. The van der Waals surface area contributed by atoms with Crippen LogP contribution in [-0.2, 0) is 9.53 Å². The minimum Gasteiger partial charge on any atom is -0.464 e. The van der Waals surface area contributed by atoms with Crippen LogP contribution in [0.25, 0.3) is 0 Å². The lowest BCUT2D eigenvalue weighted by Gasteiger charge is -2.29. The van der Waals surface area contributed by atoms with Gasteiger partial charge in [0.1, 0.15) is 11.4 Å². The Morgan fingerprint density at radius 2 is 1.85 bits per heavy atom. The van der Waals surface area contributed by atoms with Crippen LogP contribution in [0.4, 0.5) is 0 Å². The van der Waals surface area contributed by atoms with Gasteiger partial charge in [0, 0.05) is 21.9 Å². The summed E-state index contributed by atoms with van der Waals surface area (Å²) < 4.78 is 5.33. The summed E-state index contributed by atoms with van der Waals surface area (Å²) in [4.78, 5) is 27.4. The number of hydrogen-bond acceptors (Lipinski definition) is 4. The molecule has 2 aromatic rings. The van der Waals surface area contributed by atoms with E-state index in [0.29, 0.717) is 22.9 Å². The van der Waals surface area contributed by atoms with Crippen molar-refractivity contribution in [3.8, 4) is 0 Å². The number of amides is 1. The second-order valence-corrected chi connectivity index (χ2v) is 7.49. The van der Waals surface area contributed by atoms with Crippen LogP contribution in [0.3, 0.4) is 0 Å². The van der Waals surface area contributed by atoms with E-state index in [0.717, 1.165) is 12.0 Å². The molecule has 0 aromatic heterocycles. The first-order chi connectivity index (χ1) is 12.6. The smallest absolute Gasteiger partial charge is 0.329 e. The number of halogens is 1. The van der Waals surface area contributed by atoms with Gasteiger partial charge in [-0.25, -0.2) is 4.79 Å². The Morgan fingerprint density at radius 3 is 2.54 bits per heavy atom. The first kappa shape index (κ1) is 18.8. The second kappa shape index (κ2) is 8.60. The predicted octanol–water partition coefficient (Wildman–Crippen LogP) is 4.55. The fourth-order valence-electron chi connectivity index (χ4n) is 2.88. The number of hydrogen-bond donors (Lipinski definition) is 0. The van der Waals surface area contributed by atoms with Crippen molar-refractivity contribution in [1.82, 2.24) is 4.90 Å². The van der Waals surface area contributed by atoms with Crippen molar-refractivity contribution in [3.05, 3.63) is 70.7 Å². The fraction of sp³-hybridized carbons (Fsp3) is 0.300. The van der Waals surface area contributed by atoms with E-state index in [-0.39, 0.29) is 17.3 Å². The van der Waals surface area contributed by atoms with Crippen LogP contribution >= 0.6 is 23.4 Å². The van der Waals surface area contributed by atoms with Crippen molar-refractivity contribution in [2.45, 2.75) is 24.8 Å². The van der Waals surface area contributed by atoms with Gasteiger partial charge in [-0.2, -0.15) is 0 Å². The largest absolute Gasteiger partial charge is 0.464 e. The van der Waals surface area contributed by atoms with Gasteiger partial charge in [-0.15, -0.1) is 11.8 Å². The van der Waals surface area contributed by atoms with E-state index in [1.165, 1.54) is 11.8 Å². The number of esters is 1. The molecule has 1 fully saturated rings. The number of ether oxygens (including phenoxy) is 1. The third-order valence-corrected chi connectivity index (χ3v) is 5.80. The summed E-state index contributed by atoms with van der Waals surface area (Å²) in [6, 6.07) is 15.8. The zero-order chi connectivity index (χ0) is 18.5. The van der Waals surface area contributed by atoms with Crippen molar-refractivity contribution in [2.24, 2.45) is 0 Å². The average molecular weight is 390 g/mol. The van der Waals surface area contributed by atoms with Crippen LogP contribution in [0.5, 0.6) is 0 Å². The van der Waals surface area contributed by atoms with Gasteiger partial charge in [0.15, 0.2) is 0 Å². The zero-order valence-electron chi connectivity index (χ0n) is 14.4. The highest BCUT2D eigenvalue weighted by Gasteiger charge is 2.44. The maximum absolute atomic E-state index is 13.2. The van der Waals surface area contributed by atoms with Gasteiger partial charge in [0.25, 0.3) is 5.91 Å². The lowest BCUT2D eigenvalue weighted by Crippen LogP contribution is -2.44. The van der Waals surface area contributed by atoms with E-state index in [1.54, 1.807) is 23.1 Å². The Hall–Kier alpha value is -1.98. The van der Waals surface area contributed by atoms with Gasteiger partial charge in [-0.05, 0) is 24.6 Å². The molecular formula is C20H20ClNO3S. The monoisotopic (exact) mass is 389 g/mol. The molecule has 3 rings (SSSR count). The number of carbonyl (C=O) groups is 2. The molecule has 0 unspecified atom stereocenters. The summed E-state index contributed by atoms with van der Waals surface area (Å²) in [5.41, 5.74) is 1.37. The van der Waals surface area contributed by atoms with Crippen LogP contribution in [0.2, 0.25) is 5.02 Å². The first-order valence-corrected chi connectivity index (χ1v) is 9.96. The molecule has 1 saturated heterocycles. The second-order valence-electron chi connectivity index (χ2n) is 5.97. The number of nitrogens with zero attached hydrogens (tertiary/aromatic N) is 1. The van der Waals surface area contributed by atoms with Gasteiger partial charge in [-0.1, -0.05) is 54.9 Å². The average Bonchev–Trinajstić information content (AvgIpc) is 3.11. The minimum absolute atomic E-state index is 0.195. The highest BCUT2D eigenvalue weighted by molar-refractivity contribution is 7.99. The van der Waals surface area contributed by atoms with Crippen molar-refractivity contribution in [1.29, 1.82) is 0 Å². The van der Waals surface area contributed by atoms with Gasteiger partial charge in [-0.3, -0.25) is 4.79 Å². The van der Waals surface area contributed by atoms with Crippen molar-refractivity contribution >= 4 is 35.2 Å². The highest BCUT2D eigenvalue weighted by Crippen LogP contribution is 2.44. The van der Waals surface area contributed by atoms with Crippen LogP contribution in [0.15, 0.2) is 54.6 Å². The van der Waals surface area contributed by atoms with Gasteiger partial charge >= 0.3 is 5.97 Å². The lowest BCUT2D eigenvalue weighted by atomic mass is 10.1. The summed E-state index contributed by atoms with van der Waals surface area (Å²) in [5, 5.41) is 0.258. The molecule has 1 aliphatic heterocycles. The summed E-state index contributed by atoms with van der Waals surface area (Å²) in [6.07, 6.45) is 0.742. The van der Waals surface area contributed by atoms with E-state index in [2.05, 4.69) is 0 Å². The third kappa shape index (κ3) is 3.89. The summed E-state index contributed by atoms with van der Waals surface area (Å²) in [5.74, 6) is -0.0750. The predicted molar refractivity (Wildman–Crippen MR) is 104 cm³/mol. The minimum atomic E-state index is -0.625. The molecule has 1 aliphatic rings. The van der Waals surface area contributed by atoms with E-state index < -0.39 is 6.04 Å². The molecule has 6 heteroatoms. The van der Waals surface area contributed by atoms with E-state index in [4.69, 9.17) is 16.3 Å². The lowest BCUT2D eigenvalue weighted by molar-refractivity contribution is -0.148. The number of thioether (sulfide) groups is 1. The topological polar surface area (TPSA) is 46.6 Å². The number of carbonyl (C=O) groups excluding carboxylic acids is 2. The summed E-state index contributed by atoms with van der Waals surface area (Å²) in [6.45, 7) is 2.29. The molecule has 2 aromatic carbocycles. The van der Waals surface area contributed by atoms with Crippen LogP contribution in [-0.4, -0.2) is 35.2 Å². The van der Waals surface area contributed by atoms with E-state index in [9.17, 15) is 9.59 Å². The molecule has 0 spiro atoms. The van der Waals surface area contributed by atoms with Crippen molar-refractivity contribution in [3.63, 3.8) is 0 Å². The standard InChI is InChI=1S/C20H20ClNO3S/c1-2-12-25-20(24)17-13-26-19(15-10-6-7-11-16(15)21)22(17)18(23)14-8-4-3-5-9-14/h3-11,17,19H,2,12-13H2,1H3/t17-,19+/m1/s1. The maximum atomic E-state index is 13.2. The SMILES string of the molecule is CCCOC(=O)[C@H]1CS[C@@H](c2ccccc2Cl)N1C(=O)c1ccccc1. The van der Waals surface area contributed by atoms with E-state index in [1.807, 2.05) is 43.3 Å². The van der Waals surface area contributed by atoms with Gasteiger partial charge < -0.3 is 9.64 Å². The molecule has 0 bridgehead atoms. The quantitative estimate of drug-likeness (QED) is 0.704. The third-order valence-electron chi connectivity index (χ3n) is 4.15. The Bertz CT molecular complexity index is 784. The van der Waals surface area contributed by atoms with Crippen LogP contribution in [0.1, 0.15) is 34.6 Å². The molecular weight excluding hydrogens is 370 g/mol. The van der Waals surface area contributed by atoms with Crippen LogP contribution in [0, 0.1) is 0 Å². The Morgan fingerprint density at radius 1 is 1.15 bits per heavy atom. The zero-order valence-corrected chi connectivity index (χ0v) is 16.0. The Kier molecular flexibility index (Phi) is 6.22. The summed E-state index contributed by atoms with van der Waals surface area (Å²) >= 11 is 7.89. The molecule has 1 heterocycles. The number of rotatable bonds is 5. The fourth-order valence-corrected chi connectivity index (χ4v) is 4.63. The maximum Gasteiger partial charge on any atom is 0.329 e. The molecule has 4 nitrogen and oxygen atoms in total. The normalized spacial score (nSPS) is 19.4. The molecule has 0 saturated carbocycles. The molecule has 0 radical (unpaired) electrons. The van der Waals surface area contributed by atoms with Crippen molar-refractivity contribution in [2.75, 3.05) is 12.4 Å². The molecule has 136 valence electrons. The molecule has 0 aliphatic carbocycles. The molecule has 0 N–H and O–H groups in total. The number of benzene rings is 2. The molecule has 26 heavy (non-hydrogen) atoms. The first-order valence-electron chi connectivity index (χ1n) is 8.54. The molecule has 1 amide bonds. The summed E-state index contributed by atoms with van der Waals surface area (Å²) in [7, 11) is 0. The van der Waals surface area contributed by atoms with Crippen LogP contribution < -0.4 is 0 Å². The van der Waals surface area contributed by atoms with Gasteiger partial charge in [0.2, 0.25) is 0 Å². The Labute approximate surface area is 162 Å². The van der Waals surface area contributed by atoms with Crippen molar-refractivity contribution < 1.29 is 14.3 Å².